The van der Waals surface area contributed by atoms with Crippen LogP contribution in [0.3, 0.4) is 0 Å². The van der Waals surface area contributed by atoms with Crippen LogP contribution in [0.5, 0.6) is 5.75 Å². The summed E-state index contributed by atoms with van der Waals surface area (Å²) in [4.78, 5) is 17.3. The van der Waals surface area contributed by atoms with Gasteiger partial charge in [0.15, 0.2) is 5.82 Å². The molecule has 1 N–H and O–H groups in total. The molecule has 5 aromatic rings. The molecule has 0 spiro atoms. The number of aromatic nitrogens is 3. The molecule has 0 bridgehead atoms. The monoisotopic (exact) mass is 492 g/mol. The highest BCUT2D eigenvalue weighted by atomic mass is 19.1. The minimum atomic E-state index is -0.376. The minimum Gasteiger partial charge on any atom is -0.491 e. The molecule has 0 fully saturated rings. The number of rotatable bonds is 7. The van der Waals surface area contributed by atoms with Crippen LogP contribution in [0.25, 0.3) is 28.2 Å². The van der Waals surface area contributed by atoms with Crippen LogP contribution in [0.4, 0.5) is 10.1 Å². The summed E-state index contributed by atoms with van der Waals surface area (Å²) in [5.41, 5.74) is 3.75. The SMILES string of the molecule is CC(C)Oc1ccc(-n2cnc(-c3ccc(NC(=O)c4ccc(F)c(-c5ccccc5)c4)cc3)n2)cc1. The van der Waals surface area contributed by atoms with E-state index in [1.54, 1.807) is 29.2 Å². The zero-order valence-electron chi connectivity index (χ0n) is 20.4. The Labute approximate surface area is 214 Å². The van der Waals surface area contributed by atoms with Gasteiger partial charge in [-0.15, -0.1) is 5.10 Å². The Bertz CT molecular complexity index is 1510. The zero-order chi connectivity index (χ0) is 25.8. The van der Waals surface area contributed by atoms with E-state index in [1.807, 2.05) is 80.6 Å². The van der Waals surface area contributed by atoms with Crippen molar-refractivity contribution in [2.75, 3.05) is 5.32 Å². The van der Waals surface area contributed by atoms with Crippen molar-refractivity contribution in [1.29, 1.82) is 0 Å². The molecule has 0 aliphatic heterocycles. The summed E-state index contributed by atoms with van der Waals surface area (Å²) < 4.78 is 21.8. The van der Waals surface area contributed by atoms with E-state index in [0.717, 1.165) is 17.0 Å². The standard InChI is InChI=1S/C30H25FN4O2/c1-20(2)37-26-15-13-25(14-16-26)35-19-32-29(34-35)22-8-11-24(12-9-22)33-30(36)23-10-17-28(31)27(18-23)21-6-4-3-5-7-21/h3-20H,1-2H3,(H,33,36). The van der Waals surface area contributed by atoms with Crippen molar-refractivity contribution < 1.29 is 13.9 Å². The van der Waals surface area contributed by atoms with Crippen LogP contribution < -0.4 is 10.1 Å². The second-order valence-electron chi connectivity index (χ2n) is 8.77. The highest BCUT2D eigenvalue weighted by molar-refractivity contribution is 6.05. The van der Waals surface area contributed by atoms with Crippen LogP contribution >= 0.6 is 0 Å². The molecule has 0 atom stereocenters. The molecule has 1 amide bonds. The number of halogens is 1. The van der Waals surface area contributed by atoms with Gasteiger partial charge in [-0.3, -0.25) is 4.79 Å². The molecule has 0 saturated heterocycles. The summed E-state index contributed by atoms with van der Waals surface area (Å²) in [6, 6.07) is 28.4. The Kier molecular flexibility index (Phi) is 6.76. The average Bonchev–Trinajstić information content (AvgIpc) is 3.40. The lowest BCUT2D eigenvalue weighted by Gasteiger charge is -2.09. The topological polar surface area (TPSA) is 69.0 Å². The first-order valence-corrected chi connectivity index (χ1v) is 11.9. The van der Waals surface area contributed by atoms with Crippen molar-refractivity contribution in [3.8, 4) is 34.0 Å². The molecule has 0 unspecified atom stereocenters. The number of nitrogens with zero attached hydrogens (tertiary/aromatic N) is 3. The van der Waals surface area contributed by atoms with Crippen LogP contribution in [0.2, 0.25) is 0 Å². The minimum absolute atomic E-state index is 0.110. The summed E-state index contributed by atoms with van der Waals surface area (Å²) in [6.07, 6.45) is 1.77. The number of ether oxygens (including phenoxy) is 1. The van der Waals surface area contributed by atoms with E-state index in [0.29, 0.717) is 28.2 Å². The van der Waals surface area contributed by atoms with Crippen LogP contribution in [0, 0.1) is 5.82 Å². The average molecular weight is 493 g/mol. The van der Waals surface area contributed by atoms with Crippen molar-refractivity contribution >= 4 is 11.6 Å². The molecule has 0 aliphatic rings. The second kappa shape index (κ2) is 10.5. The number of anilines is 1. The molecule has 7 heteroatoms. The molecule has 0 aliphatic carbocycles. The van der Waals surface area contributed by atoms with E-state index in [-0.39, 0.29) is 17.8 Å². The van der Waals surface area contributed by atoms with Crippen LogP contribution in [-0.4, -0.2) is 26.8 Å². The fourth-order valence-electron chi connectivity index (χ4n) is 3.88. The summed E-state index contributed by atoms with van der Waals surface area (Å²) in [5.74, 6) is 0.663. The molecule has 1 heterocycles. The molecule has 5 rings (SSSR count). The van der Waals surface area contributed by atoms with Crippen LogP contribution in [-0.2, 0) is 0 Å². The van der Waals surface area contributed by atoms with E-state index in [4.69, 9.17) is 4.74 Å². The predicted octanol–water partition coefficient (Wildman–Crippen LogP) is 6.78. The lowest BCUT2D eigenvalue weighted by molar-refractivity contribution is 0.102. The Morgan fingerprint density at radius 1 is 0.892 bits per heavy atom. The summed E-state index contributed by atoms with van der Waals surface area (Å²) in [6.45, 7) is 3.97. The normalized spacial score (nSPS) is 10.9. The Morgan fingerprint density at radius 3 is 2.32 bits per heavy atom. The van der Waals surface area contributed by atoms with Crippen molar-refractivity contribution in [2.24, 2.45) is 0 Å². The quantitative estimate of drug-likeness (QED) is 0.272. The molecule has 6 nitrogen and oxygen atoms in total. The number of carbonyl (C=O) groups excluding carboxylic acids is 1. The van der Waals surface area contributed by atoms with E-state index in [1.165, 1.54) is 12.1 Å². The molecule has 37 heavy (non-hydrogen) atoms. The van der Waals surface area contributed by atoms with E-state index in [9.17, 15) is 9.18 Å². The molecule has 0 saturated carbocycles. The number of amides is 1. The maximum absolute atomic E-state index is 14.4. The van der Waals surface area contributed by atoms with Gasteiger partial charge in [0.2, 0.25) is 0 Å². The molecule has 184 valence electrons. The first kappa shape index (κ1) is 23.9. The van der Waals surface area contributed by atoms with Gasteiger partial charge in [0, 0.05) is 22.4 Å². The van der Waals surface area contributed by atoms with Crippen LogP contribution in [0.1, 0.15) is 24.2 Å². The van der Waals surface area contributed by atoms with E-state index in [2.05, 4.69) is 15.4 Å². The van der Waals surface area contributed by atoms with Crippen LogP contribution in [0.15, 0.2) is 103 Å². The van der Waals surface area contributed by atoms with Crippen molar-refractivity contribution in [3.05, 3.63) is 115 Å². The Balaban J connectivity index is 1.28. The molecule has 1 aromatic heterocycles. The maximum atomic E-state index is 14.4. The number of carbonyl (C=O) groups is 1. The second-order valence-corrected chi connectivity index (χ2v) is 8.77. The van der Waals surface area contributed by atoms with E-state index >= 15 is 0 Å². The largest absolute Gasteiger partial charge is 0.491 e. The summed E-state index contributed by atoms with van der Waals surface area (Å²) in [5, 5.41) is 7.43. The van der Waals surface area contributed by atoms with Gasteiger partial charge in [0.25, 0.3) is 5.91 Å². The van der Waals surface area contributed by atoms with Crippen molar-refractivity contribution in [2.45, 2.75) is 20.0 Å². The third kappa shape index (κ3) is 5.56. The number of benzene rings is 4. The number of nitrogens with one attached hydrogen (secondary N) is 1. The zero-order valence-corrected chi connectivity index (χ0v) is 20.4. The fraction of sp³-hybridized carbons (Fsp3) is 0.100. The molecule has 4 aromatic carbocycles. The first-order valence-electron chi connectivity index (χ1n) is 11.9. The summed E-state index contributed by atoms with van der Waals surface area (Å²) >= 11 is 0. The van der Waals surface area contributed by atoms with Gasteiger partial charge in [0.1, 0.15) is 17.9 Å². The molecular formula is C30H25FN4O2. The number of hydrogen-bond acceptors (Lipinski definition) is 4. The third-order valence-electron chi connectivity index (χ3n) is 5.68. The first-order chi connectivity index (χ1) is 18.0. The third-order valence-corrected chi connectivity index (χ3v) is 5.68. The van der Waals surface area contributed by atoms with Gasteiger partial charge in [0.05, 0.1) is 11.8 Å². The smallest absolute Gasteiger partial charge is 0.255 e. The lowest BCUT2D eigenvalue weighted by atomic mass is 10.0. The highest BCUT2D eigenvalue weighted by Gasteiger charge is 2.12. The summed E-state index contributed by atoms with van der Waals surface area (Å²) in [7, 11) is 0. The van der Waals surface area contributed by atoms with Gasteiger partial charge in [-0.1, -0.05) is 30.3 Å². The Morgan fingerprint density at radius 2 is 1.62 bits per heavy atom. The van der Waals surface area contributed by atoms with Gasteiger partial charge >= 0.3 is 0 Å². The number of hydrogen-bond donors (Lipinski definition) is 1. The Hall–Kier alpha value is -4.78. The van der Waals surface area contributed by atoms with Crippen molar-refractivity contribution in [3.63, 3.8) is 0 Å². The molecular weight excluding hydrogens is 467 g/mol. The van der Waals surface area contributed by atoms with Gasteiger partial charge in [-0.25, -0.2) is 14.1 Å². The van der Waals surface area contributed by atoms with Crippen molar-refractivity contribution in [1.82, 2.24) is 14.8 Å². The van der Waals surface area contributed by atoms with E-state index < -0.39 is 0 Å². The highest BCUT2D eigenvalue weighted by Crippen LogP contribution is 2.25. The van der Waals surface area contributed by atoms with Gasteiger partial charge in [-0.2, -0.15) is 0 Å². The maximum Gasteiger partial charge on any atom is 0.255 e. The van der Waals surface area contributed by atoms with Gasteiger partial charge in [-0.05, 0) is 86.1 Å². The lowest BCUT2D eigenvalue weighted by Crippen LogP contribution is -2.12. The fourth-order valence-corrected chi connectivity index (χ4v) is 3.88. The van der Waals surface area contributed by atoms with Gasteiger partial charge < -0.3 is 10.1 Å². The molecule has 0 radical (unpaired) electrons. The predicted molar refractivity (Wildman–Crippen MR) is 142 cm³/mol.